The van der Waals surface area contributed by atoms with Crippen LogP contribution >= 0.6 is 0 Å². The predicted octanol–water partition coefficient (Wildman–Crippen LogP) is 3.06. The second kappa shape index (κ2) is 7.84. The molecule has 1 aliphatic heterocycles. The third kappa shape index (κ3) is 3.52. The van der Waals surface area contributed by atoms with Gasteiger partial charge in [0, 0.05) is 11.1 Å². The van der Waals surface area contributed by atoms with Crippen LogP contribution < -0.4 is 5.56 Å². The van der Waals surface area contributed by atoms with Crippen molar-refractivity contribution in [2.45, 2.75) is 32.4 Å². The first kappa shape index (κ1) is 18.7. The van der Waals surface area contributed by atoms with E-state index in [1.807, 2.05) is 41.9 Å². The summed E-state index contributed by atoms with van der Waals surface area (Å²) in [6.45, 7) is 4.44. The van der Waals surface area contributed by atoms with Crippen LogP contribution in [-0.4, -0.2) is 43.2 Å². The molecule has 4 aromatic rings. The summed E-state index contributed by atoms with van der Waals surface area (Å²) in [4.78, 5) is 18.5. The fourth-order valence-corrected chi connectivity index (χ4v) is 4.31. The number of benzene rings is 2. The molecule has 0 radical (unpaired) electrons. The number of likely N-dealkylation sites (tertiary alicyclic amines) is 1. The zero-order valence-corrected chi connectivity index (χ0v) is 17.0. The van der Waals surface area contributed by atoms with Crippen LogP contribution in [0, 0.1) is 6.92 Å². The second-order valence-electron chi connectivity index (χ2n) is 7.97. The summed E-state index contributed by atoms with van der Waals surface area (Å²) in [6, 6.07) is 18.0. The van der Waals surface area contributed by atoms with Crippen molar-refractivity contribution in [3.8, 4) is 0 Å². The van der Waals surface area contributed by atoms with Crippen molar-refractivity contribution in [3.63, 3.8) is 0 Å². The van der Waals surface area contributed by atoms with Crippen molar-refractivity contribution in [3.05, 3.63) is 87.5 Å². The number of aromatic nitrogens is 5. The lowest BCUT2D eigenvalue weighted by Gasteiger charge is -2.26. The molecule has 0 bridgehead atoms. The average Bonchev–Trinajstić information content (AvgIpc) is 3.43. The van der Waals surface area contributed by atoms with Crippen molar-refractivity contribution in [1.29, 1.82) is 0 Å². The minimum absolute atomic E-state index is 0.0840. The van der Waals surface area contributed by atoms with Gasteiger partial charge in [-0.05, 0) is 71.9 Å². The van der Waals surface area contributed by atoms with Gasteiger partial charge in [-0.2, -0.15) is 0 Å². The van der Waals surface area contributed by atoms with Gasteiger partial charge in [0.2, 0.25) is 0 Å². The highest BCUT2D eigenvalue weighted by Gasteiger charge is 2.32. The first-order chi connectivity index (χ1) is 14.7. The third-order valence-corrected chi connectivity index (χ3v) is 5.81. The normalized spacial score (nSPS) is 15.6. The van der Waals surface area contributed by atoms with Crippen molar-refractivity contribution >= 4 is 10.9 Å². The van der Waals surface area contributed by atoms with Crippen LogP contribution in [0.4, 0.5) is 0 Å². The van der Waals surface area contributed by atoms with E-state index in [4.69, 9.17) is 0 Å². The lowest BCUT2D eigenvalue weighted by molar-refractivity contribution is 0.263. The van der Waals surface area contributed by atoms with E-state index in [-0.39, 0.29) is 11.6 Å². The molecule has 2 aromatic carbocycles. The molecule has 0 unspecified atom stereocenters. The van der Waals surface area contributed by atoms with Gasteiger partial charge in [0.05, 0.1) is 6.54 Å². The Morgan fingerprint density at radius 3 is 2.67 bits per heavy atom. The van der Waals surface area contributed by atoms with Gasteiger partial charge < -0.3 is 4.98 Å². The Labute approximate surface area is 174 Å². The first-order valence-electron chi connectivity index (χ1n) is 10.4. The molecule has 1 N–H and O–H groups in total. The molecule has 0 amide bonds. The molecule has 0 aliphatic carbocycles. The Morgan fingerprint density at radius 2 is 1.87 bits per heavy atom. The van der Waals surface area contributed by atoms with Crippen LogP contribution in [0.25, 0.3) is 10.9 Å². The van der Waals surface area contributed by atoms with Gasteiger partial charge in [0.25, 0.3) is 5.56 Å². The fourth-order valence-electron chi connectivity index (χ4n) is 4.31. The Hall–Kier alpha value is -3.32. The van der Waals surface area contributed by atoms with Crippen molar-refractivity contribution in [2.24, 2.45) is 0 Å². The predicted molar refractivity (Wildman–Crippen MR) is 115 cm³/mol. The molecule has 7 nitrogen and oxygen atoms in total. The molecule has 1 atom stereocenters. The SMILES string of the molecule is Cc1ccc2cc([C@@H](c3nnnn3Cc3ccccc3)N3CCCC3)c(=O)[nH]c2c1. The summed E-state index contributed by atoms with van der Waals surface area (Å²) in [5.41, 5.74) is 3.70. The van der Waals surface area contributed by atoms with E-state index < -0.39 is 0 Å². The molecule has 1 aliphatic rings. The van der Waals surface area contributed by atoms with Gasteiger partial charge in [0.15, 0.2) is 5.82 Å². The lowest BCUT2D eigenvalue weighted by atomic mass is 10.0. The largest absolute Gasteiger partial charge is 0.322 e. The smallest absolute Gasteiger partial charge is 0.253 e. The van der Waals surface area contributed by atoms with Gasteiger partial charge in [-0.1, -0.05) is 42.5 Å². The van der Waals surface area contributed by atoms with E-state index in [0.29, 0.717) is 17.9 Å². The average molecular weight is 400 g/mol. The highest BCUT2D eigenvalue weighted by atomic mass is 16.1. The molecule has 1 fully saturated rings. The van der Waals surface area contributed by atoms with Gasteiger partial charge >= 0.3 is 0 Å². The minimum Gasteiger partial charge on any atom is -0.322 e. The van der Waals surface area contributed by atoms with Crippen LogP contribution in [-0.2, 0) is 6.54 Å². The molecule has 1 saturated heterocycles. The zero-order chi connectivity index (χ0) is 20.5. The zero-order valence-electron chi connectivity index (χ0n) is 17.0. The van der Waals surface area contributed by atoms with E-state index >= 15 is 0 Å². The molecule has 0 saturated carbocycles. The fraction of sp³-hybridized carbons (Fsp3) is 0.304. The Balaban J connectivity index is 1.62. The quantitative estimate of drug-likeness (QED) is 0.557. The number of fused-ring (bicyclic) bond motifs is 1. The molecule has 152 valence electrons. The monoisotopic (exact) mass is 400 g/mol. The van der Waals surface area contributed by atoms with Crippen LogP contribution in [0.2, 0.25) is 0 Å². The highest BCUT2D eigenvalue weighted by Crippen LogP contribution is 2.30. The van der Waals surface area contributed by atoms with E-state index in [2.05, 4.69) is 49.7 Å². The van der Waals surface area contributed by atoms with Crippen LogP contribution in [0.1, 0.15) is 41.4 Å². The number of H-pyrrole nitrogens is 1. The Morgan fingerprint density at radius 1 is 1.07 bits per heavy atom. The molecule has 0 spiro atoms. The van der Waals surface area contributed by atoms with Crippen LogP contribution in [0.3, 0.4) is 0 Å². The second-order valence-corrected chi connectivity index (χ2v) is 7.97. The molecule has 30 heavy (non-hydrogen) atoms. The number of rotatable bonds is 5. The maximum Gasteiger partial charge on any atom is 0.253 e. The number of tetrazole rings is 1. The maximum atomic E-state index is 13.1. The summed E-state index contributed by atoms with van der Waals surface area (Å²) >= 11 is 0. The molecule has 2 aromatic heterocycles. The molecule has 3 heterocycles. The number of hydrogen-bond donors (Lipinski definition) is 1. The summed E-state index contributed by atoms with van der Waals surface area (Å²) in [6.07, 6.45) is 2.23. The molecule has 5 rings (SSSR count). The van der Waals surface area contributed by atoms with Gasteiger partial charge in [0.1, 0.15) is 6.04 Å². The number of hydrogen-bond acceptors (Lipinski definition) is 5. The number of nitrogens with zero attached hydrogens (tertiary/aromatic N) is 5. The van der Waals surface area contributed by atoms with Gasteiger partial charge in [-0.15, -0.1) is 5.10 Å². The summed E-state index contributed by atoms with van der Waals surface area (Å²) in [5.74, 6) is 0.706. The van der Waals surface area contributed by atoms with Gasteiger partial charge in [-0.3, -0.25) is 9.69 Å². The number of nitrogens with one attached hydrogen (secondary N) is 1. The van der Waals surface area contributed by atoms with E-state index in [9.17, 15) is 4.79 Å². The molecular weight excluding hydrogens is 376 g/mol. The third-order valence-electron chi connectivity index (χ3n) is 5.81. The number of aryl methyl sites for hydroxylation is 1. The Kier molecular flexibility index (Phi) is 4.88. The maximum absolute atomic E-state index is 13.1. The summed E-state index contributed by atoms with van der Waals surface area (Å²) in [5, 5.41) is 13.6. The first-order valence-corrected chi connectivity index (χ1v) is 10.4. The van der Waals surface area contributed by atoms with Crippen molar-refractivity contribution in [1.82, 2.24) is 30.1 Å². The summed E-state index contributed by atoms with van der Waals surface area (Å²) in [7, 11) is 0. The van der Waals surface area contributed by atoms with E-state index in [0.717, 1.165) is 48.0 Å². The minimum atomic E-state index is -0.277. The van der Waals surface area contributed by atoms with Crippen LogP contribution in [0.5, 0.6) is 0 Å². The number of aromatic amines is 1. The molecular formula is C23H24N6O. The van der Waals surface area contributed by atoms with Gasteiger partial charge in [-0.25, -0.2) is 4.68 Å². The topological polar surface area (TPSA) is 79.7 Å². The Bertz CT molecular complexity index is 1220. The number of pyridine rings is 1. The van der Waals surface area contributed by atoms with E-state index in [1.54, 1.807) is 0 Å². The summed E-state index contributed by atoms with van der Waals surface area (Å²) < 4.78 is 1.82. The van der Waals surface area contributed by atoms with Crippen LogP contribution in [0.15, 0.2) is 59.4 Å². The van der Waals surface area contributed by atoms with Crippen molar-refractivity contribution < 1.29 is 0 Å². The molecule has 7 heteroatoms. The lowest BCUT2D eigenvalue weighted by Crippen LogP contribution is -2.33. The standard InChI is InChI=1S/C23H24N6O/c1-16-9-10-18-14-19(23(30)24-20(18)13-16)21(28-11-5-6-12-28)22-25-26-27-29(22)15-17-7-3-2-4-8-17/h2-4,7-10,13-14,21H,5-6,11-12,15H2,1H3,(H,24,30)/t21-/m0/s1. The highest BCUT2D eigenvalue weighted by molar-refractivity contribution is 5.79. The van der Waals surface area contributed by atoms with Crippen molar-refractivity contribution in [2.75, 3.05) is 13.1 Å². The van der Waals surface area contributed by atoms with E-state index in [1.165, 1.54) is 0 Å².